The lowest BCUT2D eigenvalue weighted by atomic mass is 10.1. The average Bonchev–Trinajstić information content (AvgIpc) is 2.57. The number of carbonyl (C=O) groups excluding carboxylic acids is 1. The van der Waals surface area contributed by atoms with Crippen LogP contribution in [0.3, 0.4) is 0 Å². The van der Waals surface area contributed by atoms with E-state index in [1.54, 1.807) is 51.1 Å². The van der Waals surface area contributed by atoms with Gasteiger partial charge in [0.2, 0.25) is 15.9 Å². The quantitative estimate of drug-likeness (QED) is 0.775. The summed E-state index contributed by atoms with van der Waals surface area (Å²) < 4.78 is 27.0. The summed E-state index contributed by atoms with van der Waals surface area (Å²) in [4.78, 5) is 12.5. The van der Waals surface area contributed by atoms with E-state index in [2.05, 4.69) is 5.32 Å². The Morgan fingerprint density at radius 1 is 1.12 bits per heavy atom. The van der Waals surface area contributed by atoms with E-state index in [0.29, 0.717) is 29.4 Å². The van der Waals surface area contributed by atoms with E-state index < -0.39 is 10.0 Å². The van der Waals surface area contributed by atoms with Crippen molar-refractivity contribution in [2.24, 2.45) is 0 Å². The summed E-state index contributed by atoms with van der Waals surface area (Å²) in [7, 11) is -3.59. The first-order valence-electron chi connectivity index (χ1n) is 8.43. The fourth-order valence-electron chi connectivity index (χ4n) is 2.70. The zero-order valence-electron chi connectivity index (χ0n) is 15.1. The Bertz CT molecular complexity index is 893. The second-order valence-corrected chi connectivity index (χ2v) is 8.27. The van der Waals surface area contributed by atoms with Gasteiger partial charge >= 0.3 is 0 Å². The molecule has 0 atom stereocenters. The van der Waals surface area contributed by atoms with Crippen LogP contribution in [0.2, 0.25) is 5.02 Å². The third-order valence-electron chi connectivity index (χ3n) is 4.05. The normalized spacial score (nSPS) is 11.6. The van der Waals surface area contributed by atoms with Gasteiger partial charge in [-0.2, -0.15) is 4.31 Å². The maximum atomic E-state index is 12.8. The SMILES string of the molecule is CCN(CC)S(=O)(=O)c1cc(NC(=O)Cc2cccc(Cl)c2)ccc1C. The summed E-state index contributed by atoms with van der Waals surface area (Å²) in [6.45, 7) is 6.13. The summed E-state index contributed by atoms with van der Waals surface area (Å²) in [6.07, 6.45) is 0.159. The first-order chi connectivity index (χ1) is 12.3. The van der Waals surface area contributed by atoms with Crippen molar-refractivity contribution in [2.75, 3.05) is 18.4 Å². The van der Waals surface area contributed by atoms with Gasteiger partial charge in [-0.15, -0.1) is 0 Å². The van der Waals surface area contributed by atoms with Gasteiger partial charge in [0.1, 0.15) is 0 Å². The molecule has 0 spiro atoms. The van der Waals surface area contributed by atoms with Crippen molar-refractivity contribution in [3.05, 3.63) is 58.6 Å². The van der Waals surface area contributed by atoms with Crippen molar-refractivity contribution >= 4 is 33.2 Å². The number of aryl methyl sites for hydroxylation is 1. The highest BCUT2D eigenvalue weighted by Gasteiger charge is 2.24. The van der Waals surface area contributed by atoms with Crippen LogP contribution in [0.4, 0.5) is 5.69 Å². The average molecular weight is 395 g/mol. The predicted molar refractivity (Wildman–Crippen MR) is 105 cm³/mol. The van der Waals surface area contributed by atoms with Crippen molar-refractivity contribution in [1.82, 2.24) is 4.31 Å². The Morgan fingerprint density at radius 3 is 2.42 bits per heavy atom. The molecule has 0 aliphatic carbocycles. The number of anilines is 1. The summed E-state index contributed by atoms with van der Waals surface area (Å²) >= 11 is 5.93. The number of sulfonamides is 1. The smallest absolute Gasteiger partial charge is 0.243 e. The van der Waals surface area contributed by atoms with Gasteiger partial charge in [-0.1, -0.05) is 43.6 Å². The fraction of sp³-hybridized carbons (Fsp3) is 0.316. The van der Waals surface area contributed by atoms with E-state index in [0.717, 1.165) is 5.56 Å². The molecule has 0 aliphatic rings. The number of nitrogens with one attached hydrogen (secondary N) is 1. The van der Waals surface area contributed by atoms with Gasteiger partial charge in [-0.25, -0.2) is 8.42 Å². The molecular formula is C19H23ClN2O3S. The monoisotopic (exact) mass is 394 g/mol. The first-order valence-corrected chi connectivity index (χ1v) is 10.2. The van der Waals surface area contributed by atoms with Crippen LogP contribution in [-0.2, 0) is 21.2 Å². The lowest BCUT2D eigenvalue weighted by Gasteiger charge is -2.20. The van der Waals surface area contributed by atoms with Crippen LogP contribution in [0.1, 0.15) is 25.0 Å². The van der Waals surface area contributed by atoms with Crippen molar-refractivity contribution in [3.8, 4) is 0 Å². The summed E-state index contributed by atoms with van der Waals surface area (Å²) in [6, 6.07) is 12.0. The molecule has 0 aliphatic heterocycles. The molecule has 0 bridgehead atoms. The number of hydrogen-bond donors (Lipinski definition) is 1. The minimum absolute atomic E-state index is 0.159. The fourth-order valence-corrected chi connectivity index (χ4v) is 4.62. The lowest BCUT2D eigenvalue weighted by molar-refractivity contribution is -0.115. The van der Waals surface area contributed by atoms with Crippen molar-refractivity contribution in [2.45, 2.75) is 32.1 Å². The number of amides is 1. The molecule has 0 fully saturated rings. The molecule has 1 N–H and O–H groups in total. The Hall–Kier alpha value is -1.89. The third kappa shape index (κ3) is 4.84. The molecule has 2 rings (SSSR count). The van der Waals surface area contributed by atoms with E-state index in [9.17, 15) is 13.2 Å². The van der Waals surface area contributed by atoms with E-state index in [-0.39, 0.29) is 17.2 Å². The van der Waals surface area contributed by atoms with Gasteiger partial charge in [0.05, 0.1) is 11.3 Å². The summed E-state index contributed by atoms with van der Waals surface area (Å²) in [5, 5.41) is 3.33. The standard InChI is InChI=1S/C19H23ClN2O3S/c1-4-22(5-2)26(24,25)18-13-17(10-9-14(18)3)21-19(23)12-15-7-6-8-16(20)11-15/h6-11,13H,4-5,12H2,1-3H3,(H,21,23). The van der Waals surface area contributed by atoms with Crippen LogP contribution < -0.4 is 5.32 Å². The highest BCUT2D eigenvalue weighted by Crippen LogP contribution is 2.24. The summed E-state index contributed by atoms with van der Waals surface area (Å²) in [5.41, 5.74) is 1.89. The van der Waals surface area contributed by atoms with Crippen LogP contribution in [0, 0.1) is 6.92 Å². The molecule has 2 aromatic carbocycles. The van der Waals surface area contributed by atoms with E-state index in [4.69, 9.17) is 11.6 Å². The second-order valence-electron chi connectivity index (χ2n) is 5.92. The van der Waals surface area contributed by atoms with Crippen molar-refractivity contribution < 1.29 is 13.2 Å². The minimum Gasteiger partial charge on any atom is -0.326 e. The van der Waals surface area contributed by atoms with Crippen LogP contribution in [0.5, 0.6) is 0 Å². The Balaban J connectivity index is 2.22. The second kappa shape index (κ2) is 8.66. The number of nitrogens with zero attached hydrogens (tertiary/aromatic N) is 1. The van der Waals surface area contributed by atoms with E-state index in [1.165, 1.54) is 10.4 Å². The summed E-state index contributed by atoms with van der Waals surface area (Å²) in [5.74, 6) is -0.234. The van der Waals surface area contributed by atoms with Crippen molar-refractivity contribution in [1.29, 1.82) is 0 Å². The number of benzene rings is 2. The Labute approximate surface area is 160 Å². The van der Waals surface area contributed by atoms with Crippen LogP contribution >= 0.6 is 11.6 Å². The Morgan fingerprint density at radius 2 is 1.81 bits per heavy atom. The third-order valence-corrected chi connectivity index (χ3v) is 6.48. The maximum absolute atomic E-state index is 12.8. The number of carbonyl (C=O) groups is 1. The zero-order chi connectivity index (χ0) is 19.3. The first kappa shape index (κ1) is 20.4. The van der Waals surface area contributed by atoms with Gasteiger partial charge in [0, 0.05) is 23.8 Å². The molecular weight excluding hydrogens is 372 g/mol. The highest BCUT2D eigenvalue weighted by atomic mass is 35.5. The van der Waals surface area contributed by atoms with Gasteiger partial charge in [-0.05, 0) is 42.3 Å². The molecule has 0 heterocycles. The molecule has 140 valence electrons. The molecule has 7 heteroatoms. The van der Waals surface area contributed by atoms with Gasteiger partial charge < -0.3 is 5.32 Å². The van der Waals surface area contributed by atoms with Gasteiger partial charge in [0.25, 0.3) is 0 Å². The maximum Gasteiger partial charge on any atom is 0.243 e. The van der Waals surface area contributed by atoms with Gasteiger partial charge in [0.15, 0.2) is 0 Å². The van der Waals surface area contributed by atoms with Crippen LogP contribution in [-0.4, -0.2) is 31.7 Å². The molecule has 0 unspecified atom stereocenters. The van der Waals surface area contributed by atoms with Crippen molar-refractivity contribution in [3.63, 3.8) is 0 Å². The number of rotatable bonds is 7. The van der Waals surface area contributed by atoms with E-state index in [1.807, 2.05) is 6.07 Å². The molecule has 1 amide bonds. The Kier molecular flexibility index (Phi) is 6.81. The molecule has 0 saturated heterocycles. The molecule has 0 radical (unpaired) electrons. The molecule has 0 saturated carbocycles. The molecule has 2 aromatic rings. The highest BCUT2D eigenvalue weighted by molar-refractivity contribution is 7.89. The molecule has 0 aromatic heterocycles. The molecule has 26 heavy (non-hydrogen) atoms. The number of halogens is 1. The van der Waals surface area contributed by atoms with Crippen LogP contribution in [0.25, 0.3) is 0 Å². The minimum atomic E-state index is -3.59. The number of hydrogen-bond acceptors (Lipinski definition) is 3. The largest absolute Gasteiger partial charge is 0.326 e. The van der Waals surface area contributed by atoms with E-state index >= 15 is 0 Å². The molecule has 5 nitrogen and oxygen atoms in total. The zero-order valence-corrected chi connectivity index (χ0v) is 16.7. The van der Waals surface area contributed by atoms with Gasteiger partial charge in [-0.3, -0.25) is 4.79 Å². The topological polar surface area (TPSA) is 66.5 Å². The van der Waals surface area contributed by atoms with Crippen LogP contribution in [0.15, 0.2) is 47.4 Å². The lowest BCUT2D eigenvalue weighted by Crippen LogP contribution is -2.31. The predicted octanol–water partition coefficient (Wildman–Crippen LogP) is 3.86.